The molecule has 0 N–H and O–H groups in total. The van der Waals surface area contributed by atoms with Gasteiger partial charge in [-0.15, -0.1) is 0 Å². The van der Waals surface area contributed by atoms with Crippen molar-refractivity contribution in [3.63, 3.8) is 0 Å². The fourth-order valence-electron chi connectivity index (χ4n) is 1.75. The molecule has 2 rings (SSSR count). The van der Waals surface area contributed by atoms with E-state index in [1.807, 2.05) is 49.3 Å². The summed E-state index contributed by atoms with van der Waals surface area (Å²) in [6.07, 6.45) is 1.81. The maximum atomic E-state index is 9.12. The van der Waals surface area contributed by atoms with Crippen LogP contribution in [0, 0.1) is 18.3 Å². The zero-order chi connectivity index (χ0) is 13.1. The van der Waals surface area contributed by atoms with Gasteiger partial charge in [-0.3, -0.25) is 0 Å². The molecule has 0 unspecified atom stereocenters. The topological polar surface area (TPSA) is 39.9 Å². The van der Waals surface area contributed by atoms with Gasteiger partial charge in [0.1, 0.15) is 11.9 Å². The van der Waals surface area contributed by atoms with Crippen molar-refractivity contribution in [3.8, 4) is 6.07 Å². The molecule has 0 aliphatic carbocycles. The van der Waals surface area contributed by atoms with E-state index in [4.69, 9.17) is 5.26 Å². The van der Waals surface area contributed by atoms with Crippen LogP contribution in [0.3, 0.4) is 0 Å². The minimum atomic E-state index is 0.634. The minimum absolute atomic E-state index is 0.634. The van der Waals surface area contributed by atoms with Crippen LogP contribution in [0.5, 0.6) is 0 Å². The number of aromatic nitrogens is 1. The Morgan fingerprint density at radius 2 is 2.06 bits per heavy atom. The third-order valence-electron chi connectivity index (χ3n) is 2.66. The number of nitriles is 1. The first-order chi connectivity index (χ1) is 8.63. The van der Waals surface area contributed by atoms with Crippen LogP contribution in [0.15, 0.2) is 41.0 Å². The highest BCUT2D eigenvalue weighted by Crippen LogP contribution is 2.30. The average molecular weight is 302 g/mol. The van der Waals surface area contributed by atoms with Crippen molar-refractivity contribution in [2.75, 3.05) is 11.9 Å². The van der Waals surface area contributed by atoms with Crippen molar-refractivity contribution in [2.24, 2.45) is 0 Å². The zero-order valence-corrected chi connectivity index (χ0v) is 11.8. The molecule has 4 heteroatoms. The van der Waals surface area contributed by atoms with Gasteiger partial charge in [0.15, 0.2) is 0 Å². The molecule has 3 nitrogen and oxygen atoms in total. The Hall–Kier alpha value is -1.86. The number of hydrogen-bond acceptors (Lipinski definition) is 3. The number of para-hydroxylation sites is 1. The quantitative estimate of drug-likeness (QED) is 0.847. The Labute approximate surface area is 115 Å². The molecular weight excluding hydrogens is 290 g/mol. The number of benzene rings is 1. The van der Waals surface area contributed by atoms with Crippen molar-refractivity contribution in [1.82, 2.24) is 4.98 Å². The molecular formula is C14H12BrN3. The second-order valence-electron chi connectivity index (χ2n) is 4.01. The van der Waals surface area contributed by atoms with E-state index in [0.29, 0.717) is 5.56 Å². The lowest BCUT2D eigenvalue weighted by atomic mass is 10.2. The predicted molar refractivity (Wildman–Crippen MR) is 75.9 cm³/mol. The molecule has 0 fully saturated rings. The van der Waals surface area contributed by atoms with Crippen LogP contribution in [0.25, 0.3) is 0 Å². The smallest absolute Gasteiger partial charge is 0.147 e. The lowest BCUT2D eigenvalue weighted by Gasteiger charge is -2.20. The van der Waals surface area contributed by atoms with Gasteiger partial charge in [0.25, 0.3) is 0 Å². The van der Waals surface area contributed by atoms with E-state index >= 15 is 0 Å². The number of aryl methyl sites for hydroxylation is 1. The standard InChI is InChI=1S/C14H12BrN3/c1-10-7-12(15)14(17-9-10)18(2)13-6-4-3-5-11(13)8-16/h3-7,9H,1-2H3. The van der Waals surface area contributed by atoms with E-state index in [1.165, 1.54) is 0 Å². The maximum Gasteiger partial charge on any atom is 0.147 e. The molecule has 0 atom stereocenters. The predicted octanol–water partition coefficient (Wildman–Crippen LogP) is 3.79. The number of pyridine rings is 1. The molecule has 1 heterocycles. The van der Waals surface area contributed by atoms with Gasteiger partial charge in [-0.2, -0.15) is 5.26 Å². The largest absolute Gasteiger partial charge is 0.327 e. The van der Waals surface area contributed by atoms with Crippen LogP contribution in [0.2, 0.25) is 0 Å². The first kappa shape index (κ1) is 12.6. The summed E-state index contributed by atoms with van der Waals surface area (Å²) in [5.74, 6) is 0.795. The molecule has 0 saturated carbocycles. The monoisotopic (exact) mass is 301 g/mol. The van der Waals surface area contributed by atoms with Crippen LogP contribution in [0.1, 0.15) is 11.1 Å². The summed E-state index contributed by atoms with van der Waals surface area (Å²) in [7, 11) is 1.90. The summed E-state index contributed by atoms with van der Waals surface area (Å²) >= 11 is 3.50. The van der Waals surface area contributed by atoms with Gasteiger partial charge in [-0.05, 0) is 46.6 Å². The van der Waals surface area contributed by atoms with Crippen molar-refractivity contribution in [1.29, 1.82) is 5.26 Å². The second kappa shape index (κ2) is 5.19. The SMILES string of the molecule is Cc1cnc(N(C)c2ccccc2C#N)c(Br)c1. The molecule has 0 aliphatic heterocycles. The fraction of sp³-hybridized carbons (Fsp3) is 0.143. The summed E-state index contributed by atoms with van der Waals surface area (Å²) in [6.45, 7) is 1.99. The summed E-state index contributed by atoms with van der Waals surface area (Å²) in [5, 5.41) is 9.12. The second-order valence-corrected chi connectivity index (χ2v) is 4.86. The molecule has 0 spiro atoms. The van der Waals surface area contributed by atoms with Gasteiger partial charge >= 0.3 is 0 Å². The van der Waals surface area contributed by atoms with E-state index in [0.717, 1.165) is 21.5 Å². The third-order valence-corrected chi connectivity index (χ3v) is 3.25. The van der Waals surface area contributed by atoms with E-state index in [2.05, 4.69) is 27.0 Å². The fourth-order valence-corrected chi connectivity index (χ4v) is 2.48. The normalized spacial score (nSPS) is 9.89. The van der Waals surface area contributed by atoms with Crippen LogP contribution >= 0.6 is 15.9 Å². The van der Waals surface area contributed by atoms with E-state index in [1.54, 1.807) is 6.07 Å². The number of hydrogen-bond donors (Lipinski definition) is 0. The highest BCUT2D eigenvalue weighted by atomic mass is 79.9. The highest BCUT2D eigenvalue weighted by Gasteiger charge is 2.12. The molecule has 0 aliphatic rings. The third kappa shape index (κ3) is 2.36. The molecule has 0 saturated heterocycles. The van der Waals surface area contributed by atoms with Gasteiger partial charge < -0.3 is 4.90 Å². The Morgan fingerprint density at radius 3 is 2.72 bits per heavy atom. The highest BCUT2D eigenvalue weighted by molar-refractivity contribution is 9.10. The van der Waals surface area contributed by atoms with Crippen molar-refractivity contribution in [2.45, 2.75) is 6.92 Å². The van der Waals surface area contributed by atoms with Crippen LogP contribution in [-0.2, 0) is 0 Å². The lowest BCUT2D eigenvalue weighted by Crippen LogP contribution is -2.13. The maximum absolute atomic E-state index is 9.12. The Bertz CT molecular complexity index is 617. The average Bonchev–Trinajstić information content (AvgIpc) is 2.38. The summed E-state index contributed by atoms with van der Waals surface area (Å²) in [6, 6.07) is 11.7. The number of rotatable bonds is 2. The lowest BCUT2D eigenvalue weighted by molar-refractivity contribution is 1.10. The molecule has 0 radical (unpaired) electrons. The summed E-state index contributed by atoms with van der Waals surface area (Å²) < 4.78 is 0.915. The Kier molecular flexibility index (Phi) is 3.63. The number of anilines is 2. The zero-order valence-electron chi connectivity index (χ0n) is 10.2. The van der Waals surface area contributed by atoms with E-state index < -0.39 is 0 Å². The van der Waals surface area contributed by atoms with Gasteiger partial charge in [-0.1, -0.05) is 12.1 Å². The van der Waals surface area contributed by atoms with E-state index in [9.17, 15) is 0 Å². The van der Waals surface area contributed by atoms with Crippen LogP contribution in [-0.4, -0.2) is 12.0 Å². The number of halogens is 1. The van der Waals surface area contributed by atoms with Gasteiger partial charge in [-0.25, -0.2) is 4.98 Å². The van der Waals surface area contributed by atoms with Crippen molar-refractivity contribution < 1.29 is 0 Å². The molecule has 18 heavy (non-hydrogen) atoms. The summed E-state index contributed by atoms with van der Waals surface area (Å²) in [4.78, 5) is 6.30. The van der Waals surface area contributed by atoms with Gasteiger partial charge in [0.05, 0.1) is 15.7 Å². The van der Waals surface area contributed by atoms with Crippen molar-refractivity contribution >= 4 is 27.4 Å². The molecule has 0 amide bonds. The van der Waals surface area contributed by atoms with Gasteiger partial charge in [0.2, 0.25) is 0 Å². The molecule has 0 bridgehead atoms. The molecule has 2 aromatic rings. The van der Waals surface area contributed by atoms with Crippen molar-refractivity contribution in [3.05, 3.63) is 52.1 Å². The Morgan fingerprint density at radius 1 is 1.33 bits per heavy atom. The van der Waals surface area contributed by atoms with Gasteiger partial charge in [0, 0.05) is 13.2 Å². The van der Waals surface area contributed by atoms with E-state index in [-0.39, 0.29) is 0 Å². The van der Waals surface area contributed by atoms with Crippen LogP contribution in [0.4, 0.5) is 11.5 Å². The molecule has 1 aromatic carbocycles. The van der Waals surface area contributed by atoms with Crippen LogP contribution < -0.4 is 4.90 Å². The molecule has 90 valence electrons. The Balaban J connectivity index is 2.48. The minimum Gasteiger partial charge on any atom is -0.327 e. The summed E-state index contributed by atoms with van der Waals surface area (Å²) in [5.41, 5.74) is 2.57. The first-order valence-electron chi connectivity index (χ1n) is 5.48. The molecule has 1 aromatic heterocycles. The first-order valence-corrected chi connectivity index (χ1v) is 6.28. The number of nitrogens with zero attached hydrogens (tertiary/aromatic N) is 3.